The number of fused-ring (bicyclic) bond motifs is 2. The molecule has 0 unspecified atom stereocenters. The van der Waals surface area contributed by atoms with Crippen molar-refractivity contribution in [3.05, 3.63) is 52.7 Å². The first-order valence-corrected chi connectivity index (χ1v) is 7.80. The van der Waals surface area contributed by atoms with Crippen molar-refractivity contribution in [3.8, 4) is 0 Å². The number of aromatic nitrogens is 3. The number of aryl methyl sites for hydroxylation is 1. The highest BCUT2D eigenvalue weighted by atomic mass is 19.1. The van der Waals surface area contributed by atoms with Crippen LogP contribution in [0.1, 0.15) is 27.3 Å². The van der Waals surface area contributed by atoms with Gasteiger partial charge in [0.2, 0.25) is 0 Å². The van der Waals surface area contributed by atoms with E-state index in [1.807, 2.05) is 6.92 Å². The normalized spacial score (nSPS) is 13.7. The lowest BCUT2D eigenvalue weighted by molar-refractivity contribution is 0.0742. The second kappa shape index (κ2) is 5.45. The van der Waals surface area contributed by atoms with Crippen LogP contribution in [0.3, 0.4) is 0 Å². The summed E-state index contributed by atoms with van der Waals surface area (Å²) >= 11 is 0. The number of para-hydroxylation sites is 1. The number of hydrogen-bond donors (Lipinski definition) is 2. The van der Waals surface area contributed by atoms with Crippen LogP contribution in [0, 0.1) is 12.7 Å². The molecule has 0 saturated heterocycles. The minimum absolute atomic E-state index is 0.00245. The molecule has 3 aromatic rings. The van der Waals surface area contributed by atoms with Crippen LogP contribution >= 0.6 is 0 Å². The third-order valence-electron chi connectivity index (χ3n) is 4.59. The number of aliphatic hydroxyl groups excluding tert-OH is 1. The second-order valence-electron chi connectivity index (χ2n) is 6.01. The topological polar surface area (TPSA) is 74.2 Å². The average molecular weight is 328 g/mol. The largest absolute Gasteiger partial charge is 0.394 e. The van der Waals surface area contributed by atoms with Crippen LogP contribution < -0.4 is 0 Å². The number of hydrogen-bond acceptors (Lipinski definition) is 3. The van der Waals surface area contributed by atoms with Crippen LogP contribution in [0.2, 0.25) is 0 Å². The molecular weight excluding hydrogens is 311 g/mol. The summed E-state index contributed by atoms with van der Waals surface area (Å²) in [5.41, 5.74) is 3.46. The Balaban J connectivity index is 1.66. The lowest BCUT2D eigenvalue weighted by atomic mass is 10.1. The first-order valence-electron chi connectivity index (χ1n) is 7.80. The predicted octanol–water partition coefficient (Wildman–Crippen LogP) is 1.96. The van der Waals surface area contributed by atoms with Crippen molar-refractivity contribution in [1.82, 2.24) is 19.7 Å². The summed E-state index contributed by atoms with van der Waals surface area (Å²) in [5.74, 6) is -0.521. The second-order valence-corrected chi connectivity index (χ2v) is 6.01. The van der Waals surface area contributed by atoms with Crippen LogP contribution in [-0.2, 0) is 19.6 Å². The molecule has 124 valence electrons. The predicted molar refractivity (Wildman–Crippen MR) is 85.9 cm³/mol. The van der Waals surface area contributed by atoms with Crippen molar-refractivity contribution in [1.29, 1.82) is 0 Å². The number of carbonyl (C=O) groups excluding carboxylic acids is 1. The van der Waals surface area contributed by atoms with Crippen molar-refractivity contribution < 1.29 is 14.3 Å². The van der Waals surface area contributed by atoms with Crippen LogP contribution in [0.25, 0.3) is 10.9 Å². The molecule has 3 heterocycles. The van der Waals surface area contributed by atoms with Gasteiger partial charge in [0.1, 0.15) is 11.5 Å². The van der Waals surface area contributed by atoms with Crippen LogP contribution in [0.5, 0.6) is 0 Å². The zero-order valence-electron chi connectivity index (χ0n) is 13.2. The maximum absolute atomic E-state index is 13.9. The first-order chi connectivity index (χ1) is 11.6. The molecule has 6 nitrogen and oxygen atoms in total. The highest BCUT2D eigenvalue weighted by molar-refractivity contribution is 6.01. The van der Waals surface area contributed by atoms with Crippen LogP contribution in [-0.4, -0.2) is 37.3 Å². The van der Waals surface area contributed by atoms with Gasteiger partial charge in [0.05, 0.1) is 37.1 Å². The van der Waals surface area contributed by atoms with Gasteiger partial charge < -0.3 is 15.0 Å². The first kappa shape index (κ1) is 14.9. The van der Waals surface area contributed by atoms with Gasteiger partial charge in [0.15, 0.2) is 0 Å². The van der Waals surface area contributed by atoms with Gasteiger partial charge in [-0.25, -0.2) is 4.39 Å². The van der Waals surface area contributed by atoms with Crippen molar-refractivity contribution in [2.75, 3.05) is 6.61 Å². The van der Waals surface area contributed by atoms with E-state index in [0.717, 1.165) is 22.2 Å². The molecule has 0 atom stereocenters. The quantitative estimate of drug-likeness (QED) is 0.772. The van der Waals surface area contributed by atoms with Gasteiger partial charge in [-0.2, -0.15) is 5.10 Å². The lowest BCUT2D eigenvalue weighted by Crippen LogP contribution is -2.27. The SMILES string of the molecule is Cc1c(C(=O)N2Cc3cnn(CCO)c3C2)[nH]c2c(F)cccc12. The molecule has 24 heavy (non-hydrogen) atoms. The van der Waals surface area contributed by atoms with Gasteiger partial charge in [0, 0.05) is 17.5 Å². The number of amides is 1. The molecule has 7 heteroatoms. The Hall–Kier alpha value is -2.67. The number of nitrogens with zero attached hydrogens (tertiary/aromatic N) is 3. The number of halogens is 1. The number of benzene rings is 1. The zero-order chi connectivity index (χ0) is 16.8. The molecule has 1 aromatic carbocycles. The molecule has 0 fully saturated rings. The average Bonchev–Trinajstić information content (AvgIpc) is 3.23. The Morgan fingerprint density at radius 2 is 2.25 bits per heavy atom. The van der Waals surface area contributed by atoms with E-state index in [1.165, 1.54) is 6.07 Å². The van der Waals surface area contributed by atoms with Gasteiger partial charge in [-0.3, -0.25) is 9.48 Å². The van der Waals surface area contributed by atoms with Crippen molar-refractivity contribution in [2.24, 2.45) is 0 Å². The third kappa shape index (κ3) is 2.12. The Kier molecular flexibility index (Phi) is 3.38. The molecule has 1 aliphatic rings. The summed E-state index contributed by atoms with van der Waals surface area (Å²) < 4.78 is 15.7. The molecule has 0 bridgehead atoms. The molecule has 2 N–H and O–H groups in total. The van der Waals surface area contributed by atoms with E-state index in [9.17, 15) is 9.18 Å². The molecule has 0 spiro atoms. The molecule has 1 amide bonds. The Morgan fingerprint density at radius 3 is 3.00 bits per heavy atom. The van der Waals surface area contributed by atoms with E-state index in [1.54, 1.807) is 27.9 Å². The number of rotatable bonds is 3. The molecule has 2 aromatic heterocycles. The lowest BCUT2D eigenvalue weighted by Gasteiger charge is -2.16. The number of aliphatic hydroxyl groups is 1. The Bertz CT molecular complexity index is 944. The van der Waals surface area contributed by atoms with E-state index in [2.05, 4.69) is 10.1 Å². The number of carbonyl (C=O) groups is 1. The monoisotopic (exact) mass is 328 g/mol. The maximum atomic E-state index is 13.9. The number of H-pyrrole nitrogens is 1. The summed E-state index contributed by atoms with van der Waals surface area (Å²) in [5, 5.41) is 14.0. The van der Waals surface area contributed by atoms with Gasteiger partial charge in [-0.15, -0.1) is 0 Å². The smallest absolute Gasteiger partial charge is 0.271 e. The van der Waals surface area contributed by atoms with Crippen molar-refractivity contribution in [3.63, 3.8) is 0 Å². The summed E-state index contributed by atoms with van der Waals surface area (Å²) in [4.78, 5) is 17.5. The third-order valence-corrected chi connectivity index (χ3v) is 4.59. The molecule has 0 aliphatic carbocycles. The Labute approximate surface area is 137 Å². The van der Waals surface area contributed by atoms with E-state index >= 15 is 0 Å². The number of nitrogens with one attached hydrogen (secondary N) is 1. The van der Waals surface area contributed by atoms with E-state index in [4.69, 9.17) is 5.11 Å². The van der Waals surface area contributed by atoms with Gasteiger partial charge >= 0.3 is 0 Å². The molecule has 0 radical (unpaired) electrons. The summed E-state index contributed by atoms with van der Waals surface area (Å²) in [6.07, 6.45) is 1.73. The molecular formula is C17H17FN4O2. The van der Waals surface area contributed by atoms with E-state index in [-0.39, 0.29) is 18.3 Å². The minimum Gasteiger partial charge on any atom is -0.394 e. The van der Waals surface area contributed by atoms with Gasteiger partial charge in [-0.1, -0.05) is 12.1 Å². The van der Waals surface area contributed by atoms with Crippen LogP contribution in [0.4, 0.5) is 4.39 Å². The standard InChI is InChI=1S/C17H17FN4O2/c1-10-12-3-2-4-13(18)16(12)20-15(10)17(24)21-8-11-7-19-22(5-6-23)14(11)9-21/h2-4,7,20,23H,5-6,8-9H2,1H3. The minimum atomic E-state index is -0.363. The molecule has 0 saturated carbocycles. The fourth-order valence-corrected chi connectivity index (χ4v) is 3.33. The van der Waals surface area contributed by atoms with E-state index in [0.29, 0.717) is 30.8 Å². The zero-order valence-corrected chi connectivity index (χ0v) is 13.2. The maximum Gasteiger partial charge on any atom is 0.271 e. The summed E-state index contributed by atoms with van der Waals surface area (Å²) in [6, 6.07) is 4.82. The Morgan fingerprint density at radius 1 is 1.42 bits per heavy atom. The fourth-order valence-electron chi connectivity index (χ4n) is 3.33. The highest BCUT2D eigenvalue weighted by Gasteiger charge is 2.29. The summed E-state index contributed by atoms with van der Waals surface area (Å²) in [7, 11) is 0. The molecule has 1 aliphatic heterocycles. The van der Waals surface area contributed by atoms with Crippen molar-refractivity contribution in [2.45, 2.75) is 26.6 Å². The van der Waals surface area contributed by atoms with E-state index < -0.39 is 0 Å². The van der Waals surface area contributed by atoms with Crippen molar-refractivity contribution >= 4 is 16.8 Å². The van der Waals surface area contributed by atoms with Crippen LogP contribution in [0.15, 0.2) is 24.4 Å². The summed E-state index contributed by atoms with van der Waals surface area (Å²) in [6.45, 7) is 3.14. The highest BCUT2D eigenvalue weighted by Crippen LogP contribution is 2.28. The van der Waals surface area contributed by atoms with Gasteiger partial charge in [-0.05, 0) is 18.6 Å². The molecule has 4 rings (SSSR count). The fraction of sp³-hybridized carbons (Fsp3) is 0.294. The number of aromatic amines is 1. The van der Waals surface area contributed by atoms with Gasteiger partial charge in [0.25, 0.3) is 5.91 Å².